The molecule has 1 atom stereocenters. The molecule has 1 amide bonds. The molecule has 2 aromatic rings. The van der Waals surface area contributed by atoms with Crippen molar-refractivity contribution < 1.29 is 9.90 Å². The molecule has 0 aliphatic carbocycles. The lowest BCUT2D eigenvalue weighted by molar-refractivity contribution is -0.122. The van der Waals surface area contributed by atoms with Gasteiger partial charge >= 0.3 is 0 Å². The average molecular weight is 302 g/mol. The van der Waals surface area contributed by atoms with Gasteiger partial charge in [-0.25, -0.2) is 0 Å². The smallest absolute Gasteiger partial charge is 0.220 e. The van der Waals surface area contributed by atoms with Crippen molar-refractivity contribution in [1.82, 2.24) is 9.88 Å². The standard InChI is InChI=1S/C18H26N2O2/c1-13(2)10-15(12-21)19-18(22)9-8-14-11-20(3)17-7-5-4-6-16(14)17/h4-7,11,13,15,21H,8-10,12H2,1-3H3,(H,19,22). The summed E-state index contributed by atoms with van der Waals surface area (Å²) in [5.41, 5.74) is 2.38. The summed E-state index contributed by atoms with van der Waals surface area (Å²) in [7, 11) is 2.02. The Morgan fingerprint density at radius 3 is 2.73 bits per heavy atom. The molecule has 0 bridgehead atoms. The fourth-order valence-electron chi connectivity index (χ4n) is 2.92. The fourth-order valence-corrected chi connectivity index (χ4v) is 2.92. The summed E-state index contributed by atoms with van der Waals surface area (Å²) in [4.78, 5) is 12.1. The number of fused-ring (bicyclic) bond motifs is 1. The summed E-state index contributed by atoms with van der Waals surface area (Å²) < 4.78 is 2.10. The lowest BCUT2D eigenvalue weighted by atomic mass is 10.0. The monoisotopic (exact) mass is 302 g/mol. The highest BCUT2D eigenvalue weighted by molar-refractivity contribution is 5.85. The molecule has 0 saturated heterocycles. The van der Waals surface area contributed by atoms with Crippen molar-refractivity contribution in [3.8, 4) is 0 Å². The van der Waals surface area contributed by atoms with Crippen molar-refractivity contribution in [3.63, 3.8) is 0 Å². The van der Waals surface area contributed by atoms with Crippen LogP contribution in [0, 0.1) is 5.92 Å². The number of aromatic nitrogens is 1. The first kappa shape index (κ1) is 16.6. The zero-order valence-corrected chi connectivity index (χ0v) is 13.7. The molecule has 0 aliphatic heterocycles. The van der Waals surface area contributed by atoms with Crippen LogP contribution in [0.2, 0.25) is 0 Å². The number of rotatable bonds is 7. The predicted octanol–water partition coefficient (Wildman–Crippen LogP) is 2.63. The van der Waals surface area contributed by atoms with E-state index < -0.39 is 0 Å². The van der Waals surface area contributed by atoms with Gasteiger partial charge in [0.2, 0.25) is 5.91 Å². The van der Waals surface area contributed by atoms with Crippen LogP contribution in [0.4, 0.5) is 0 Å². The second-order valence-corrected chi connectivity index (χ2v) is 6.36. The number of nitrogens with zero attached hydrogens (tertiary/aromatic N) is 1. The number of amides is 1. The first-order valence-corrected chi connectivity index (χ1v) is 7.94. The van der Waals surface area contributed by atoms with Crippen molar-refractivity contribution in [1.29, 1.82) is 0 Å². The van der Waals surface area contributed by atoms with Crippen LogP contribution in [0.15, 0.2) is 30.5 Å². The Morgan fingerprint density at radius 2 is 2.05 bits per heavy atom. The third-order valence-corrected chi connectivity index (χ3v) is 3.94. The first-order chi connectivity index (χ1) is 10.5. The molecule has 0 aliphatic rings. The molecule has 1 aromatic heterocycles. The summed E-state index contributed by atoms with van der Waals surface area (Å²) in [5.74, 6) is 0.461. The second kappa shape index (κ2) is 7.45. The number of hydrogen-bond acceptors (Lipinski definition) is 2. The lowest BCUT2D eigenvalue weighted by Gasteiger charge is -2.18. The molecular weight excluding hydrogens is 276 g/mol. The van der Waals surface area contributed by atoms with Gasteiger partial charge in [0.15, 0.2) is 0 Å². The van der Waals surface area contributed by atoms with Gasteiger partial charge in [0.1, 0.15) is 0 Å². The van der Waals surface area contributed by atoms with E-state index >= 15 is 0 Å². The topological polar surface area (TPSA) is 54.3 Å². The molecule has 120 valence electrons. The van der Waals surface area contributed by atoms with E-state index in [2.05, 4.69) is 42.1 Å². The van der Waals surface area contributed by atoms with Crippen LogP contribution >= 0.6 is 0 Å². The third kappa shape index (κ3) is 4.10. The molecule has 4 nitrogen and oxygen atoms in total. The Morgan fingerprint density at radius 1 is 1.32 bits per heavy atom. The highest BCUT2D eigenvalue weighted by Crippen LogP contribution is 2.21. The number of benzene rings is 1. The third-order valence-electron chi connectivity index (χ3n) is 3.94. The minimum absolute atomic E-state index is 0.00180. The number of aliphatic hydroxyl groups is 1. The van der Waals surface area contributed by atoms with Gasteiger partial charge in [-0.1, -0.05) is 32.0 Å². The van der Waals surface area contributed by atoms with Gasteiger partial charge in [-0.2, -0.15) is 0 Å². The number of aliphatic hydroxyl groups excluding tert-OH is 1. The van der Waals surface area contributed by atoms with Crippen LogP contribution in [0.25, 0.3) is 10.9 Å². The Bertz CT molecular complexity index is 631. The zero-order valence-electron chi connectivity index (χ0n) is 13.7. The number of aryl methyl sites for hydroxylation is 2. The molecule has 22 heavy (non-hydrogen) atoms. The van der Waals surface area contributed by atoms with Gasteiger partial charge in [-0.05, 0) is 30.4 Å². The van der Waals surface area contributed by atoms with Gasteiger partial charge in [0.25, 0.3) is 0 Å². The van der Waals surface area contributed by atoms with Crippen molar-refractivity contribution in [2.75, 3.05) is 6.61 Å². The van der Waals surface area contributed by atoms with Crippen LogP contribution in [0.1, 0.15) is 32.3 Å². The van der Waals surface area contributed by atoms with E-state index in [0.29, 0.717) is 18.8 Å². The van der Waals surface area contributed by atoms with Gasteiger partial charge < -0.3 is 15.0 Å². The largest absolute Gasteiger partial charge is 0.394 e. The maximum Gasteiger partial charge on any atom is 0.220 e. The van der Waals surface area contributed by atoms with Crippen LogP contribution in [0.5, 0.6) is 0 Å². The number of hydrogen-bond donors (Lipinski definition) is 2. The molecule has 0 saturated carbocycles. The van der Waals surface area contributed by atoms with E-state index in [4.69, 9.17) is 0 Å². The number of carbonyl (C=O) groups excluding carboxylic acids is 1. The summed E-state index contributed by atoms with van der Waals surface area (Å²) in [6.45, 7) is 4.17. The molecule has 1 heterocycles. The Balaban J connectivity index is 1.95. The van der Waals surface area contributed by atoms with Gasteiger partial charge in [-0.15, -0.1) is 0 Å². The summed E-state index contributed by atoms with van der Waals surface area (Å²) in [6, 6.07) is 8.09. The van der Waals surface area contributed by atoms with E-state index in [1.165, 1.54) is 16.5 Å². The van der Waals surface area contributed by atoms with Crippen molar-refractivity contribution >= 4 is 16.8 Å². The molecule has 2 N–H and O–H groups in total. The van der Waals surface area contributed by atoms with E-state index in [0.717, 1.165) is 6.42 Å². The van der Waals surface area contributed by atoms with Gasteiger partial charge in [0.05, 0.1) is 12.6 Å². The van der Waals surface area contributed by atoms with E-state index in [1.54, 1.807) is 0 Å². The van der Waals surface area contributed by atoms with Crippen LogP contribution in [0.3, 0.4) is 0 Å². The number of nitrogens with one attached hydrogen (secondary N) is 1. The highest BCUT2D eigenvalue weighted by atomic mass is 16.3. The normalized spacial score (nSPS) is 12.8. The second-order valence-electron chi connectivity index (χ2n) is 6.36. The van der Waals surface area contributed by atoms with Gasteiger partial charge in [-0.3, -0.25) is 4.79 Å². The Kier molecular flexibility index (Phi) is 5.61. The number of para-hydroxylation sites is 1. The van der Waals surface area contributed by atoms with Crippen LogP contribution in [-0.4, -0.2) is 28.2 Å². The number of carbonyl (C=O) groups is 1. The quantitative estimate of drug-likeness (QED) is 0.826. The molecule has 1 aromatic carbocycles. The minimum atomic E-state index is -0.139. The summed E-state index contributed by atoms with van der Waals surface area (Å²) >= 11 is 0. The maximum atomic E-state index is 12.1. The van der Waals surface area contributed by atoms with E-state index in [-0.39, 0.29) is 18.6 Å². The van der Waals surface area contributed by atoms with Crippen molar-refractivity contribution in [2.45, 2.75) is 39.2 Å². The molecule has 0 spiro atoms. The predicted molar refractivity (Wildman–Crippen MR) is 89.7 cm³/mol. The summed E-state index contributed by atoms with van der Waals surface area (Å²) in [6.07, 6.45) is 4.06. The molecule has 0 fully saturated rings. The van der Waals surface area contributed by atoms with Crippen LogP contribution in [-0.2, 0) is 18.3 Å². The zero-order chi connectivity index (χ0) is 16.1. The average Bonchev–Trinajstić information content (AvgIpc) is 2.81. The molecule has 4 heteroatoms. The SMILES string of the molecule is CC(C)CC(CO)NC(=O)CCc1cn(C)c2ccccc12. The lowest BCUT2D eigenvalue weighted by Crippen LogP contribution is -2.38. The Hall–Kier alpha value is -1.81. The Labute approximate surface area is 132 Å². The van der Waals surface area contributed by atoms with Crippen LogP contribution < -0.4 is 5.32 Å². The summed E-state index contributed by atoms with van der Waals surface area (Å²) in [5, 5.41) is 13.5. The fraction of sp³-hybridized carbons (Fsp3) is 0.500. The molecule has 1 unspecified atom stereocenters. The highest BCUT2D eigenvalue weighted by Gasteiger charge is 2.14. The maximum absolute atomic E-state index is 12.1. The van der Waals surface area contributed by atoms with Crippen molar-refractivity contribution in [3.05, 3.63) is 36.0 Å². The van der Waals surface area contributed by atoms with Crippen molar-refractivity contribution in [2.24, 2.45) is 13.0 Å². The first-order valence-electron chi connectivity index (χ1n) is 7.94. The van der Waals surface area contributed by atoms with Gasteiger partial charge in [0, 0.05) is 30.6 Å². The van der Waals surface area contributed by atoms with E-state index in [1.807, 2.05) is 19.2 Å². The minimum Gasteiger partial charge on any atom is -0.394 e. The molecule has 2 rings (SSSR count). The molecule has 0 radical (unpaired) electrons. The molecular formula is C18H26N2O2. The van der Waals surface area contributed by atoms with E-state index in [9.17, 15) is 9.90 Å².